The van der Waals surface area contributed by atoms with Gasteiger partial charge in [-0.3, -0.25) is 9.69 Å². The van der Waals surface area contributed by atoms with E-state index >= 15 is 0 Å². The van der Waals surface area contributed by atoms with Crippen LogP contribution in [0.4, 0.5) is 5.82 Å². The fourth-order valence-electron chi connectivity index (χ4n) is 2.96. The van der Waals surface area contributed by atoms with Gasteiger partial charge in [0, 0.05) is 30.3 Å². The van der Waals surface area contributed by atoms with Crippen LogP contribution in [-0.2, 0) is 14.8 Å². The first kappa shape index (κ1) is 19.3. The van der Waals surface area contributed by atoms with E-state index in [4.69, 9.17) is 0 Å². The summed E-state index contributed by atoms with van der Waals surface area (Å²) in [6.45, 7) is 5.03. The van der Waals surface area contributed by atoms with Gasteiger partial charge in [-0.05, 0) is 54.2 Å². The number of hydrogen-bond donors (Lipinski definition) is 0. The Bertz CT molecular complexity index is 664. The maximum atomic E-state index is 12.9. The number of carbonyl (C=O) groups is 1. The van der Waals surface area contributed by atoms with Crippen LogP contribution in [0.1, 0.15) is 33.1 Å². The van der Waals surface area contributed by atoms with Crippen LogP contribution in [0.25, 0.3) is 0 Å². The fourth-order valence-corrected chi connectivity index (χ4v) is 4.79. The van der Waals surface area contributed by atoms with Crippen molar-refractivity contribution in [1.29, 1.82) is 0 Å². The Morgan fingerprint density at radius 1 is 1.42 bits per heavy atom. The number of aromatic nitrogens is 1. The molecular weight excluding hydrogens is 394 g/mol. The lowest BCUT2D eigenvalue weighted by molar-refractivity contribution is -0.123. The van der Waals surface area contributed by atoms with Crippen LogP contribution in [0.5, 0.6) is 0 Å². The van der Waals surface area contributed by atoms with Crippen molar-refractivity contribution in [3.8, 4) is 0 Å². The van der Waals surface area contributed by atoms with Crippen molar-refractivity contribution in [1.82, 2.24) is 9.29 Å². The van der Waals surface area contributed by atoms with Gasteiger partial charge in [-0.15, -0.1) is 0 Å². The number of nitrogens with zero attached hydrogens (tertiary/aromatic N) is 3. The molecule has 1 atom stereocenters. The topological polar surface area (TPSA) is 70.6 Å². The van der Waals surface area contributed by atoms with E-state index in [1.54, 1.807) is 17.2 Å². The summed E-state index contributed by atoms with van der Waals surface area (Å²) in [5, 5.41) is 0. The molecule has 1 aliphatic rings. The van der Waals surface area contributed by atoms with Crippen molar-refractivity contribution in [3.63, 3.8) is 0 Å². The van der Waals surface area contributed by atoms with Crippen LogP contribution in [-0.4, -0.2) is 49.0 Å². The van der Waals surface area contributed by atoms with Crippen LogP contribution >= 0.6 is 15.9 Å². The van der Waals surface area contributed by atoms with E-state index in [0.717, 1.165) is 4.47 Å². The maximum absolute atomic E-state index is 12.9. The summed E-state index contributed by atoms with van der Waals surface area (Å²) in [6, 6.07) is 3.64. The van der Waals surface area contributed by atoms with Crippen molar-refractivity contribution < 1.29 is 13.2 Å². The Morgan fingerprint density at radius 2 is 2.17 bits per heavy atom. The number of hydrogen-bond acceptors (Lipinski definition) is 4. The molecule has 1 amide bonds. The molecule has 0 N–H and O–H groups in total. The molecule has 0 bridgehead atoms. The molecule has 0 saturated carbocycles. The third kappa shape index (κ3) is 4.55. The first-order valence-corrected chi connectivity index (χ1v) is 10.7. The van der Waals surface area contributed by atoms with Gasteiger partial charge in [0.05, 0.1) is 11.7 Å². The third-order valence-electron chi connectivity index (χ3n) is 4.16. The molecule has 8 heteroatoms. The van der Waals surface area contributed by atoms with Gasteiger partial charge in [0.2, 0.25) is 15.9 Å². The Morgan fingerprint density at radius 3 is 2.75 bits per heavy atom. The highest BCUT2D eigenvalue weighted by molar-refractivity contribution is 9.10. The number of piperidine rings is 1. The van der Waals surface area contributed by atoms with Crippen molar-refractivity contribution in [2.24, 2.45) is 5.92 Å². The lowest BCUT2D eigenvalue weighted by atomic mass is 9.98. The molecule has 134 valence electrons. The van der Waals surface area contributed by atoms with Crippen LogP contribution in [0.2, 0.25) is 0 Å². The Labute approximate surface area is 152 Å². The highest BCUT2D eigenvalue weighted by atomic mass is 79.9. The first-order valence-electron chi connectivity index (χ1n) is 8.29. The van der Waals surface area contributed by atoms with E-state index in [2.05, 4.69) is 20.9 Å². The van der Waals surface area contributed by atoms with Gasteiger partial charge in [0.1, 0.15) is 5.82 Å². The standard InChI is InChI=1S/C16H24BrN3O3S/c1-3-10-24(22,23)19-9-5-6-13(12-19)16(21)20(4-2)15-8-7-14(17)11-18-15/h7-8,11,13H,3-6,9-10,12H2,1-2H3. The molecule has 0 aromatic carbocycles. The van der Waals surface area contributed by atoms with Crippen molar-refractivity contribution in [2.75, 3.05) is 30.3 Å². The van der Waals surface area contributed by atoms with Gasteiger partial charge < -0.3 is 0 Å². The SMILES string of the molecule is CCCS(=O)(=O)N1CCCC(C(=O)N(CC)c2ccc(Br)cn2)C1. The van der Waals surface area contributed by atoms with Crippen molar-refractivity contribution in [2.45, 2.75) is 33.1 Å². The molecule has 2 heterocycles. The van der Waals surface area contributed by atoms with Crippen molar-refractivity contribution >= 4 is 37.7 Å². The molecule has 1 unspecified atom stereocenters. The predicted octanol–water partition coefficient (Wildman–Crippen LogP) is 2.65. The number of anilines is 1. The van der Waals surface area contributed by atoms with Gasteiger partial charge >= 0.3 is 0 Å². The zero-order valence-corrected chi connectivity index (χ0v) is 16.5. The van der Waals surface area contributed by atoms with Gasteiger partial charge in [-0.1, -0.05) is 6.92 Å². The molecule has 1 aromatic rings. The summed E-state index contributed by atoms with van der Waals surface area (Å²) in [7, 11) is -3.26. The molecule has 24 heavy (non-hydrogen) atoms. The van der Waals surface area contributed by atoms with E-state index < -0.39 is 10.0 Å². The summed E-state index contributed by atoms with van der Waals surface area (Å²) in [5.41, 5.74) is 0. The third-order valence-corrected chi connectivity index (χ3v) is 6.67. The number of carbonyl (C=O) groups excluding carboxylic acids is 1. The number of pyridine rings is 1. The monoisotopic (exact) mass is 417 g/mol. The van der Waals surface area contributed by atoms with Crippen LogP contribution in [0.3, 0.4) is 0 Å². The van der Waals surface area contributed by atoms with Gasteiger partial charge in [0.15, 0.2) is 0 Å². The zero-order chi connectivity index (χ0) is 17.7. The summed E-state index contributed by atoms with van der Waals surface area (Å²) in [4.78, 5) is 18.8. The summed E-state index contributed by atoms with van der Waals surface area (Å²) < 4.78 is 26.9. The summed E-state index contributed by atoms with van der Waals surface area (Å²) >= 11 is 3.34. The number of sulfonamides is 1. The molecule has 1 aromatic heterocycles. The average Bonchev–Trinajstić information content (AvgIpc) is 2.57. The fraction of sp³-hybridized carbons (Fsp3) is 0.625. The molecule has 1 fully saturated rings. The Hall–Kier alpha value is -0.990. The molecule has 1 aliphatic heterocycles. The number of rotatable bonds is 6. The second kappa shape index (κ2) is 8.40. The molecule has 1 saturated heterocycles. The first-order chi connectivity index (χ1) is 11.4. The van der Waals surface area contributed by atoms with Crippen LogP contribution in [0.15, 0.2) is 22.8 Å². The Balaban J connectivity index is 2.14. The molecule has 2 rings (SSSR count). The van der Waals surface area contributed by atoms with E-state index in [-0.39, 0.29) is 24.1 Å². The average molecular weight is 418 g/mol. The second-order valence-corrected chi connectivity index (χ2v) is 8.93. The largest absolute Gasteiger partial charge is 0.297 e. The summed E-state index contributed by atoms with van der Waals surface area (Å²) in [5.74, 6) is 0.374. The zero-order valence-electron chi connectivity index (χ0n) is 14.1. The molecular formula is C16H24BrN3O3S. The molecule has 0 aliphatic carbocycles. The van der Waals surface area contributed by atoms with Gasteiger partial charge in [-0.25, -0.2) is 17.7 Å². The normalized spacial score (nSPS) is 19.2. The molecule has 0 spiro atoms. The number of halogens is 1. The van der Waals surface area contributed by atoms with Crippen LogP contribution < -0.4 is 4.90 Å². The Kier molecular flexibility index (Phi) is 6.77. The minimum Gasteiger partial charge on any atom is -0.297 e. The predicted molar refractivity (Wildman–Crippen MR) is 98.3 cm³/mol. The lowest BCUT2D eigenvalue weighted by Crippen LogP contribution is -2.47. The second-order valence-electron chi connectivity index (χ2n) is 5.93. The van der Waals surface area contributed by atoms with E-state index in [1.165, 1.54) is 4.31 Å². The minimum absolute atomic E-state index is 0.0521. The van der Waals surface area contributed by atoms with Crippen LogP contribution in [0, 0.1) is 5.92 Å². The van der Waals surface area contributed by atoms with Crippen molar-refractivity contribution in [3.05, 3.63) is 22.8 Å². The smallest absolute Gasteiger partial charge is 0.232 e. The maximum Gasteiger partial charge on any atom is 0.232 e. The molecule has 0 radical (unpaired) electrons. The van der Waals surface area contributed by atoms with Gasteiger partial charge in [-0.2, -0.15) is 0 Å². The quantitative estimate of drug-likeness (QED) is 0.712. The van der Waals surface area contributed by atoms with E-state index in [1.807, 2.05) is 19.9 Å². The van der Waals surface area contributed by atoms with E-state index in [0.29, 0.717) is 38.2 Å². The highest BCUT2D eigenvalue weighted by Gasteiger charge is 2.34. The molecule has 6 nitrogen and oxygen atoms in total. The minimum atomic E-state index is -3.26. The summed E-state index contributed by atoms with van der Waals surface area (Å²) in [6.07, 6.45) is 3.67. The lowest BCUT2D eigenvalue weighted by Gasteiger charge is -2.33. The van der Waals surface area contributed by atoms with E-state index in [9.17, 15) is 13.2 Å². The van der Waals surface area contributed by atoms with Gasteiger partial charge in [0.25, 0.3) is 0 Å². The number of amides is 1. The highest BCUT2D eigenvalue weighted by Crippen LogP contribution is 2.24.